The summed E-state index contributed by atoms with van der Waals surface area (Å²) in [5.74, 6) is -2.17. The fraction of sp³-hybridized carbons (Fsp3) is 0. The molecule has 0 aliphatic carbocycles. The normalized spacial score (nSPS) is 10.4. The zero-order valence-corrected chi connectivity index (χ0v) is 11.5. The molecule has 22 heavy (non-hydrogen) atoms. The van der Waals surface area contributed by atoms with Crippen LogP contribution in [0.5, 0.6) is 0 Å². The van der Waals surface area contributed by atoms with E-state index in [9.17, 15) is 14.4 Å². The third-order valence-corrected chi connectivity index (χ3v) is 2.74. The fourth-order valence-corrected chi connectivity index (χ4v) is 1.64. The van der Waals surface area contributed by atoms with E-state index in [4.69, 9.17) is 5.73 Å². The lowest BCUT2D eigenvalue weighted by Gasteiger charge is -2.03. The molecule has 6 nitrogen and oxygen atoms in total. The van der Waals surface area contributed by atoms with Crippen LogP contribution in [-0.4, -0.2) is 22.6 Å². The van der Waals surface area contributed by atoms with Gasteiger partial charge in [-0.05, 0) is 48.6 Å². The summed E-state index contributed by atoms with van der Waals surface area (Å²) in [6.07, 6.45) is 4.67. The van der Waals surface area contributed by atoms with Crippen molar-refractivity contribution in [2.45, 2.75) is 0 Å². The standard InChI is InChI=1S/C16H13N3O3/c17-15(21)16(22)19-13-6-4-11(5-7-13)14(20)9-8-12-3-1-2-10-18-12/h1-10H,(H2,17,21)(H,19,22). The summed E-state index contributed by atoms with van der Waals surface area (Å²) in [5.41, 5.74) is 6.35. The molecule has 0 saturated carbocycles. The van der Waals surface area contributed by atoms with Crippen molar-refractivity contribution in [3.63, 3.8) is 0 Å². The number of aromatic nitrogens is 1. The molecule has 0 aliphatic heterocycles. The molecular weight excluding hydrogens is 282 g/mol. The summed E-state index contributed by atoms with van der Waals surface area (Å²) in [5, 5.41) is 2.31. The molecule has 6 heteroatoms. The molecule has 2 rings (SSSR count). The van der Waals surface area contributed by atoms with E-state index in [1.165, 1.54) is 18.2 Å². The first-order valence-electron chi connectivity index (χ1n) is 6.40. The Balaban J connectivity index is 2.04. The van der Waals surface area contributed by atoms with Gasteiger partial charge in [-0.2, -0.15) is 0 Å². The number of ketones is 1. The van der Waals surface area contributed by atoms with Gasteiger partial charge in [-0.1, -0.05) is 6.07 Å². The topological polar surface area (TPSA) is 102 Å². The molecule has 1 heterocycles. The van der Waals surface area contributed by atoms with Crippen LogP contribution in [0.1, 0.15) is 16.1 Å². The number of nitrogens with two attached hydrogens (primary N) is 1. The van der Waals surface area contributed by atoms with E-state index in [0.717, 1.165) is 0 Å². The van der Waals surface area contributed by atoms with Crippen LogP contribution in [0.15, 0.2) is 54.7 Å². The average molecular weight is 295 g/mol. The number of amides is 2. The SMILES string of the molecule is NC(=O)C(=O)Nc1ccc(C(=O)C=Cc2ccccn2)cc1. The number of nitrogens with one attached hydrogen (secondary N) is 1. The Labute approximate surface area is 126 Å². The molecule has 0 atom stereocenters. The largest absolute Gasteiger partial charge is 0.361 e. The van der Waals surface area contributed by atoms with Gasteiger partial charge in [-0.3, -0.25) is 19.4 Å². The molecule has 3 N–H and O–H groups in total. The number of primary amides is 1. The predicted molar refractivity (Wildman–Crippen MR) is 81.9 cm³/mol. The first-order valence-corrected chi connectivity index (χ1v) is 6.40. The van der Waals surface area contributed by atoms with Crippen LogP contribution in [0.25, 0.3) is 6.08 Å². The van der Waals surface area contributed by atoms with E-state index < -0.39 is 11.8 Å². The minimum Gasteiger partial charge on any atom is -0.361 e. The number of anilines is 1. The molecule has 110 valence electrons. The van der Waals surface area contributed by atoms with Crippen LogP contribution in [-0.2, 0) is 9.59 Å². The number of allylic oxidation sites excluding steroid dienone is 1. The quantitative estimate of drug-likeness (QED) is 0.505. The maximum Gasteiger partial charge on any atom is 0.313 e. The number of benzene rings is 1. The molecule has 0 saturated heterocycles. The van der Waals surface area contributed by atoms with Crippen molar-refractivity contribution < 1.29 is 14.4 Å². The van der Waals surface area contributed by atoms with Gasteiger partial charge in [0, 0.05) is 17.4 Å². The minimum absolute atomic E-state index is 0.196. The van der Waals surface area contributed by atoms with E-state index in [2.05, 4.69) is 10.3 Å². The maximum atomic E-state index is 12.0. The van der Waals surface area contributed by atoms with Crippen LogP contribution >= 0.6 is 0 Å². The third-order valence-electron chi connectivity index (χ3n) is 2.74. The van der Waals surface area contributed by atoms with Crippen molar-refractivity contribution in [1.29, 1.82) is 0 Å². The Morgan fingerprint density at radius 3 is 2.36 bits per heavy atom. The molecule has 0 unspecified atom stereocenters. The molecular formula is C16H13N3O3. The molecule has 0 bridgehead atoms. The molecule has 0 aliphatic rings. The summed E-state index contributed by atoms with van der Waals surface area (Å²) in [6, 6.07) is 11.5. The highest BCUT2D eigenvalue weighted by Crippen LogP contribution is 2.11. The molecule has 2 aromatic rings. The molecule has 1 aromatic heterocycles. The van der Waals surface area contributed by atoms with Gasteiger partial charge in [0.25, 0.3) is 0 Å². The number of carbonyl (C=O) groups excluding carboxylic acids is 3. The van der Waals surface area contributed by atoms with E-state index in [1.54, 1.807) is 36.5 Å². The number of rotatable bonds is 4. The van der Waals surface area contributed by atoms with Gasteiger partial charge in [0.05, 0.1) is 5.69 Å². The lowest BCUT2D eigenvalue weighted by molar-refractivity contribution is -0.134. The molecule has 2 amide bonds. The Morgan fingerprint density at radius 1 is 1.05 bits per heavy atom. The second-order valence-electron chi connectivity index (χ2n) is 4.35. The zero-order valence-electron chi connectivity index (χ0n) is 11.5. The Hall–Kier alpha value is -3.28. The zero-order chi connectivity index (χ0) is 15.9. The summed E-state index contributed by atoms with van der Waals surface area (Å²) in [7, 11) is 0. The summed E-state index contributed by atoms with van der Waals surface area (Å²) < 4.78 is 0. The first-order chi connectivity index (χ1) is 10.6. The molecule has 0 radical (unpaired) electrons. The number of nitrogens with zero attached hydrogens (tertiary/aromatic N) is 1. The highest BCUT2D eigenvalue weighted by Gasteiger charge is 2.09. The predicted octanol–water partition coefficient (Wildman–Crippen LogP) is 1.40. The number of pyridine rings is 1. The minimum atomic E-state index is -1.07. The van der Waals surface area contributed by atoms with E-state index >= 15 is 0 Å². The van der Waals surface area contributed by atoms with Gasteiger partial charge in [0.1, 0.15) is 0 Å². The Bertz CT molecular complexity index is 722. The Morgan fingerprint density at radius 2 is 1.77 bits per heavy atom. The summed E-state index contributed by atoms with van der Waals surface area (Å²) >= 11 is 0. The second-order valence-corrected chi connectivity index (χ2v) is 4.35. The highest BCUT2D eigenvalue weighted by molar-refractivity contribution is 6.39. The summed E-state index contributed by atoms with van der Waals surface area (Å²) in [4.78, 5) is 37.8. The molecule has 0 spiro atoms. The van der Waals surface area contributed by atoms with Gasteiger partial charge in [-0.15, -0.1) is 0 Å². The Kier molecular flexibility index (Phi) is 4.77. The fourth-order valence-electron chi connectivity index (χ4n) is 1.64. The van der Waals surface area contributed by atoms with Crippen molar-refractivity contribution in [1.82, 2.24) is 4.98 Å². The lowest BCUT2D eigenvalue weighted by Crippen LogP contribution is -2.29. The lowest BCUT2D eigenvalue weighted by atomic mass is 10.1. The molecule has 0 fully saturated rings. The summed E-state index contributed by atoms with van der Waals surface area (Å²) in [6.45, 7) is 0. The monoisotopic (exact) mass is 295 g/mol. The van der Waals surface area contributed by atoms with Crippen molar-refractivity contribution in [3.05, 3.63) is 66.0 Å². The van der Waals surface area contributed by atoms with Crippen LogP contribution in [0.3, 0.4) is 0 Å². The number of carbonyl (C=O) groups is 3. The van der Waals surface area contributed by atoms with E-state index in [1.807, 2.05) is 6.07 Å². The van der Waals surface area contributed by atoms with Crippen molar-refractivity contribution in [2.75, 3.05) is 5.32 Å². The number of hydrogen-bond acceptors (Lipinski definition) is 4. The van der Waals surface area contributed by atoms with Crippen molar-refractivity contribution in [2.24, 2.45) is 5.73 Å². The van der Waals surface area contributed by atoms with Crippen LogP contribution in [0.4, 0.5) is 5.69 Å². The smallest absolute Gasteiger partial charge is 0.313 e. The van der Waals surface area contributed by atoms with Crippen LogP contribution < -0.4 is 11.1 Å². The van der Waals surface area contributed by atoms with Gasteiger partial charge in [0.15, 0.2) is 5.78 Å². The first kappa shape index (κ1) is 15.1. The van der Waals surface area contributed by atoms with Gasteiger partial charge >= 0.3 is 11.8 Å². The van der Waals surface area contributed by atoms with E-state index in [-0.39, 0.29) is 5.78 Å². The highest BCUT2D eigenvalue weighted by atomic mass is 16.2. The second kappa shape index (κ2) is 6.94. The van der Waals surface area contributed by atoms with Crippen molar-refractivity contribution in [3.8, 4) is 0 Å². The van der Waals surface area contributed by atoms with E-state index in [0.29, 0.717) is 16.9 Å². The van der Waals surface area contributed by atoms with Crippen LogP contribution in [0, 0.1) is 0 Å². The number of hydrogen-bond donors (Lipinski definition) is 2. The molecule has 1 aromatic carbocycles. The third kappa shape index (κ3) is 4.11. The maximum absolute atomic E-state index is 12.0. The van der Waals surface area contributed by atoms with Crippen molar-refractivity contribution >= 4 is 29.4 Å². The van der Waals surface area contributed by atoms with Gasteiger partial charge < -0.3 is 11.1 Å². The van der Waals surface area contributed by atoms with Crippen LogP contribution in [0.2, 0.25) is 0 Å². The van der Waals surface area contributed by atoms with Gasteiger partial charge in [-0.25, -0.2) is 0 Å². The average Bonchev–Trinajstić information content (AvgIpc) is 2.54. The van der Waals surface area contributed by atoms with Gasteiger partial charge in [0.2, 0.25) is 0 Å².